The van der Waals surface area contributed by atoms with Crippen molar-refractivity contribution in [1.82, 2.24) is 15.1 Å². The maximum absolute atomic E-state index is 12.9. The molecule has 1 fully saturated rings. The Kier molecular flexibility index (Phi) is 4.20. The van der Waals surface area contributed by atoms with Crippen LogP contribution in [0.3, 0.4) is 0 Å². The summed E-state index contributed by atoms with van der Waals surface area (Å²) in [4.78, 5) is 12.0. The van der Waals surface area contributed by atoms with Gasteiger partial charge in [-0.2, -0.15) is 5.10 Å². The highest BCUT2D eigenvalue weighted by atomic mass is 19.1. The molecule has 1 aliphatic rings. The molecular formula is C16H18FN3O2. The van der Waals surface area contributed by atoms with E-state index in [2.05, 4.69) is 10.4 Å². The zero-order valence-corrected chi connectivity index (χ0v) is 12.3. The Morgan fingerprint density at radius 1 is 1.36 bits per heavy atom. The van der Waals surface area contributed by atoms with Crippen LogP contribution >= 0.6 is 0 Å². The number of amides is 1. The Balaban J connectivity index is 1.58. The lowest BCUT2D eigenvalue weighted by Gasteiger charge is -2.10. The van der Waals surface area contributed by atoms with E-state index in [0.717, 1.165) is 24.2 Å². The average molecular weight is 303 g/mol. The van der Waals surface area contributed by atoms with Crippen LogP contribution in [-0.4, -0.2) is 27.9 Å². The van der Waals surface area contributed by atoms with Crippen molar-refractivity contribution in [3.05, 3.63) is 48.0 Å². The van der Waals surface area contributed by atoms with Crippen LogP contribution in [0.1, 0.15) is 25.5 Å². The molecule has 5 nitrogen and oxygen atoms in total. The fraction of sp³-hybridized carbons (Fsp3) is 0.375. The first-order valence-corrected chi connectivity index (χ1v) is 7.35. The summed E-state index contributed by atoms with van der Waals surface area (Å²) in [5.74, 6) is -0.380. The molecule has 0 saturated carbocycles. The maximum Gasteiger partial charge on any atom is 0.249 e. The number of hydrogen-bond acceptors (Lipinski definition) is 3. The van der Waals surface area contributed by atoms with Crippen LogP contribution in [0, 0.1) is 5.82 Å². The van der Waals surface area contributed by atoms with Crippen molar-refractivity contribution in [1.29, 1.82) is 0 Å². The summed E-state index contributed by atoms with van der Waals surface area (Å²) in [7, 11) is 0. The zero-order valence-electron chi connectivity index (χ0n) is 12.3. The van der Waals surface area contributed by atoms with Crippen LogP contribution in [0.15, 0.2) is 36.5 Å². The second-order valence-corrected chi connectivity index (χ2v) is 5.46. The third-order valence-electron chi connectivity index (χ3n) is 3.70. The zero-order chi connectivity index (χ0) is 15.5. The monoisotopic (exact) mass is 303 g/mol. The average Bonchev–Trinajstić information content (AvgIpc) is 3.15. The molecule has 0 unspecified atom stereocenters. The first-order valence-electron chi connectivity index (χ1n) is 7.35. The highest BCUT2D eigenvalue weighted by Crippen LogP contribution is 2.19. The van der Waals surface area contributed by atoms with E-state index in [1.165, 1.54) is 12.1 Å². The number of benzene rings is 1. The van der Waals surface area contributed by atoms with Gasteiger partial charge in [0.25, 0.3) is 0 Å². The fourth-order valence-corrected chi connectivity index (χ4v) is 2.48. The number of nitrogens with one attached hydrogen (secondary N) is 1. The summed E-state index contributed by atoms with van der Waals surface area (Å²) in [6.45, 7) is 2.32. The van der Waals surface area contributed by atoms with E-state index in [-0.39, 0.29) is 23.9 Å². The molecule has 1 amide bonds. The molecule has 22 heavy (non-hydrogen) atoms. The Morgan fingerprint density at radius 3 is 2.82 bits per heavy atom. The van der Waals surface area contributed by atoms with Crippen molar-refractivity contribution in [3.63, 3.8) is 0 Å². The van der Waals surface area contributed by atoms with Crippen molar-refractivity contribution < 1.29 is 13.9 Å². The topological polar surface area (TPSA) is 56.2 Å². The lowest BCUT2D eigenvalue weighted by molar-refractivity contribution is -0.131. The van der Waals surface area contributed by atoms with Crippen molar-refractivity contribution >= 4 is 5.91 Å². The molecule has 3 rings (SSSR count). The van der Waals surface area contributed by atoms with Gasteiger partial charge in [-0.25, -0.2) is 9.07 Å². The normalized spacial score (nSPS) is 21.0. The van der Waals surface area contributed by atoms with E-state index < -0.39 is 0 Å². The molecule has 0 bridgehead atoms. The minimum atomic E-state index is -0.353. The summed E-state index contributed by atoms with van der Waals surface area (Å²) in [5.41, 5.74) is 1.51. The standard InChI is InChI=1S/C16H18FN3O2/c1-11-2-7-15(22-11)16(21)18-10-13-8-9-20(19-13)14-5-3-12(17)4-6-14/h3-6,8-9,11,15H,2,7,10H2,1H3,(H,18,21)/t11-,15+/m0/s1. The molecule has 2 heterocycles. The smallest absolute Gasteiger partial charge is 0.249 e. The largest absolute Gasteiger partial charge is 0.365 e. The number of hydrogen-bond donors (Lipinski definition) is 1. The van der Waals surface area contributed by atoms with Gasteiger partial charge in [0.1, 0.15) is 11.9 Å². The summed E-state index contributed by atoms with van der Waals surface area (Å²) in [5, 5.41) is 7.20. The molecule has 1 aromatic carbocycles. The van der Waals surface area contributed by atoms with Crippen molar-refractivity contribution in [3.8, 4) is 5.69 Å². The Bertz CT molecular complexity index is 654. The first-order chi connectivity index (χ1) is 10.6. The highest BCUT2D eigenvalue weighted by Gasteiger charge is 2.27. The number of carbonyl (C=O) groups excluding carboxylic acids is 1. The van der Waals surface area contributed by atoms with Gasteiger partial charge in [-0.3, -0.25) is 4.79 Å². The van der Waals surface area contributed by atoms with Gasteiger partial charge in [-0.1, -0.05) is 0 Å². The number of rotatable bonds is 4. The molecule has 6 heteroatoms. The van der Waals surface area contributed by atoms with Gasteiger partial charge in [0, 0.05) is 6.20 Å². The van der Waals surface area contributed by atoms with Crippen molar-refractivity contribution in [2.24, 2.45) is 0 Å². The Morgan fingerprint density at radius 2 is 2.14 bits per heavy atom. The quantitative estimate of drug-likeness (QED) is 0.942. The predicted molar refractivity (Wildman–Crippen MR) is 78.9 cm³/mol. The number of aromatic nitrogens is 2. The predicted octanol–water partition coefficient (Wildman–Crippen LogP) is 2.20. The van der Waals surface area contributed by atoms with E-state index in [1.807, 2.05) is 13.0 Å². The molecule has 0 aliphatic carbocycles. The minimum absolute atomic E-state index is 0.0966. The molecular weight excluding hydrogens is 285 g/mol. The lowest BCUT2D eigenvalue weighted by Crippen LogP contribution is -2.34. The number of carbonyl (C=O) groups is 1. The molecule has 1 saturated heterocycles. The summed E-state index contributed by atoms with van der Waals surface area (Å²) < 4.78 is 20.1. The van der Waals surface area contributed by atoms with Gasteiger partial charge in [0.2, 0.25) is 5.91 Å². The van der Waals surface area contributed by atoms with Gasteiger partial charge in [-0.15, -0.1) is 0 Å². The fourth-order valence-electron chi connectivity index (χ4n) is 2.48. The molecule has 1 aromatic heterocycles. The van der Waals surface area contributed by atoms with E-state index in [4.69, 9.17) is 4.74 Å². The second-order valence-electron chi connectivity index (χ2n) is 5.46. The summed E-state index contributed by atoms with van der Waals surface area (Å²) in [6, 6.07) is 7.90. The van der Waals surface area contributed by atoms with Gasteiger partial charge in [0.15, 0.2) is 0 Å². The third-order valence-corrected chi connectivity index (χ3v) is 3.70. The molecule has 0 radical (unpaired) electrons. The molecule has 116 valence electrons. The molecule has 1 N–H and O–H groups in total. The van der Waals surface area contributed by atoms with Crippen LogP contribution in [-0.2, 0) is 16.1 Å². The van der Waals surface area contributed by atoms with Crippen LogP contribution in [0.5, 0.6) is 0 Å². The first kappa shape index (κ1) is 14.7. The molecule has 1 aliphatic heterocycles. The minimum Gasteiger partial charge on any atom is -0.365 e. The molecule has 2 aromatic rings. The molecule has 2 atom stereocenters. The van der Waals surface area contributed by atoms with Crippen LogP contribution < -0.4 is 5.32 Å². The van der Waals surface area contributed by atoms with Crippen molar-refractivity contribution in [2.45, 2.75) is 38.5 Å². The van der Waals surface area contributed by atoms with Crippen LogP contribution in [0.4, 0.5) is 4.39 Å². The Labute approximate surface area is 128 Å². The number of halogens is 1. The highest BCUT2D eigenvalue weighted by molar-refractivity contribution is 5.80. The third kappa shape index (κ3) is 3.33. The lowest BCUT2D eigenvalue weighted by atomic mass is 10.2. The van der Waals surface area contributed by atoms with Gasteiger partial charge in [-0.05, 0) is 50.1 Å². The summed E-state index contributed by atoms with van der Waals surface area (Å²) in [6.07, 6.45) is 3.25. The number of ether oxygens (including phenoxy) is 1. The van der Waals surface area contributed by atoms with Crippen LogP contribution in [0.25, 0.3) is 5.69 Å². The van der Waals surface area contributed by atoms with E-state index in [1.54, 1.807) is 23.0 Å². The summed E-state index contributed by atoms with van der Waals surface area (Å²) >= 11 is 0. The van der Waals surface area contributed by atoms with Gasteiger partial charge >= 0.3 is 0 Å². The Hall–Kier alpha value is -2.21. The molecule has 0 spiro atoms. The van der Waals surface area contributed by atoms with Gasteiger partial charge in [0.05, 0.1) is 24.0 Å². The SMILES string of the molecule is C[C@H]1CC[C@H](C(=O)NCc2ccn(-c3ccc(F)cc3)n2)O1. The van der Waals surface area contributed by atoms with Crippen LogP contribution in [0.2, 0.25) is 0 Å². The van der Waals surface area contributed by atoms with E-state index >= 15 is 0 Å². The van der Waals surface area contributed by atoms with E-state index in [0.29, 0.717) is 6.54 Å². The van der Waals surface area contributed by atoms with Crippen molar-refractivity contribution in [2.75, 3.05) is 0 Å². The van der Waals surface area contributed by atoms with E-state index in [9.17, 15) is 9.18 Å². The second kappa shape index (κ2) is 6.27. The number of nitrogens with zero attached hydrogens (tertiary/aromatic N) is 2. The van der Waals surface area contributed by atoms with Gasteiger partial charge < -0.3 is 10.1 Å². The maximum atomic E-state index is 12.9.